The zero-order chi connectivity index (χ0) is 11.9. The van der Waals surface area contributed by atoms with Crippen LogP contribution in [0.25, 0.3) is 0 Å². The maximum absolute atomic E-state index is 11.4. The summed E-state index contributed by atoms with van der Waals surface area (Å²) in [5.41, 5.74) is 1.10. The number of phenolic OH excluding ortho intramolecular Hbond substituents is 1. The molecular weight excluding hydrogens is 230 g/mol. The number of amides is 1. The molecule has 0 aliphatic carbocycles. The van der Waals surface area contributed by atoms with Gasteiger partial charge < -0.3 is 10.4 Å². The number of rotatable bonds is 2. The average molecular weight is 240 g/mol. The number of hydrogen-bond acceptors (Lipinski definition) is 3. The van der Waals surface area contributed by atoms with Crippen molar-refractivity contribution in [2.24, 2.45) is 0 Å². The molecule has 1 heterocycles. The molecule has 2 rings (SSSR count). The Kier molecular flexibility index (Phi) is 2.59. The molecule has 1 aliphatic heterocycles. The van der Waals surface area contributed by atoms with Crippen LogP contribution in [0.15, 0.2) is 6.07 Å². The highest BCUT2D eigenvalue weighted by atomic mass is 35.5. The van der Waals surface area contributed by atoms with Crippen LogP contribution in [0, 0.1) is 0 Å². The number of carbonyl (C=O) groups excluding carboxylic acids is 2. The van der Waals surface area contributed by atoms with E-state index in [9.17, 15) is 14.7 Å². The standard InChI is InChI=1S/C11H10ClNO3/c1-2-3-5-4-6-7(8(12)9(5)14)10(15)11(16)13-6/h4,14H,2-3H2,1H3,(H,13,15,16). The van der Waals surface area contributed by atoms with Crippen molar-refractivity contribution in [3.8, 4) is 5.75 Å². The molecule has 2 N–H and O–H groups in total. The van der Waals surface area contributed by atoms with E-state index in [2.05, 4.69) is 5.32 Å². The van der Waals surface area contributed by atoms with Gasteiger partial charge in [-0.2, -0.15) is 0 Å². The Morgan fingerprint density at radius 1 is 1.44 bits per heavy atom. The lowest BCUT2D eigenvalue weighted by Gasteiger charge is -2.08. The number of fused-ring (bicyclic) bond motifs is 1. The van der Waals surface area contributed by atoms with E-state index in [0.717, 1.165) is 6.42 Å². The molecule has 0 spiro atoms. The first-order valence-electron chi connectivity index (χ1n) is 4.96. The van der Waals surface area contributed by atoms with E-state index >= 15 is 0 Å². The molecule has 16 heavy (non-hydrogen) atoms. The molecule has 0 radical (unpaired) electrons. The third-order valence-electron chi connectivity index (χ3n) is 2.52. The molecule has 1 aromatic rings. The van der Waals surface area contributed by atoms with Gasteiger partial charge >= 0.3 is 0 Å². The van der Waals surface area contributed by atoms with E-state index in [1.807, 2.05) is 6.92 Å². The van der Waals surface area contributed by atoms with Crippen molar-refractivity contribution in [2.75, 3.05) is 5.32 Å². The highest BCUT2D eigenvalue weighted by Crippen LogP contribution is 2.39. The molecule has 0 saturated heterocycles. The summed E-state index contributed by atoms with van der Waals surface area (Å²) in [7, 11) is 0. The van der Waals surface area contributed by atoms with Crippen molar-refractivity contribution in [3.63, 3.8) is 0 Å². The smallest absolute Gasteiger partial charge is 0.296 e. The maximum atomic E-state index is 11.4. The zero-order valence-corrected chi connectivity index (χ0v) is 9.39. The van der Waals surface area contributed by atoms with Crippen molar-refractivity contribution in [3.05, 3.63) is 22.2 Å². The zero-order valence-electron chi connectivity index (χ0n) is 8.63. The third kappa shape index (κ3) is 1.46. The first-order chi connectivity index (χ1) is 7.56. The summed E-state index contributed by atoms with van der Waals surface area (Å²) in [6.45, 7) is 1.96. The van der Waals surface area contributed by atoms with E-state index in [1.165, 1.54) is 0 Å². The van der Waals surface area contributed by atoms with E-state index in [-0.39, 0.29) is 16.3 Å². The van der Waals surface area contributed by atoms with Crippen molar-refractivity contribution in [1.82, 2.24) is 0 Å². The fourth-order valence-corrected chi connectivity index (χ4v) is 2.07. The number of hydrogen-bond donors (Lipinski definition) is 2. The third-order valence-corrected chi connectivity index (χ3v) is 2.89. The van der Waals surface area contributed by atoms with Crippen LogP contribution in [-0.4, -0.2) is 16.8 Å². The van der Waals surface area contributed by atoms with E-state index in [1.54, 1.807) is 6.07 Å². The fourth-order valence-electron chi connectivity index (χ4n) is 1.77. The Hall–Kier alpha value is -1.55. The Morgan fingerprint density at radius 3 is 2.75 bits per heavy atom. The number of nitrogens with one attached hydrogen (secondary N) is 1. The minimum Gasteiger partial charge on any atom is -0.506 e. The number of Topliss-reactive ketones (excluding diaryl/α,β-unsaturated/α-hetero) is 1. The van der Waals surface area contributed by atoms with Crippen LogP contribution in [0.2, 0.25) is 5.02 Å². The van der Waals surface area contributed by atoms with Crippen molar-refractivity contribution in [2.45, 2.75) is 19.8 Å². The molecule has 0 saturated carbocycles. The Bertz CT molecular complexity index is 496. The average Bonchev–Trinajstić information content (AvgIpc) is 2.51. The molecule has 4 nitrogen and oxygen atoms in total. The number of halogens is 1. The second-order valence-corrected chi connectivity index (χ2v) is 4.03. The summed E-state index contributed by atoms with van der Waals surface area (Å²) in [6.07, 6.45) is 1.48. The topological polar surface area (TPSA) is 66.4 Å². The van der Waals surface area contributed by atoms with E-state index in [0.29, 0.717) is 17.7 Å². The van der Waals surface area contributed by atoms with Crippen LogP contribution in [0.1, 0.15) is 29.3 Å². The van der Waals surface area contributed by atoms with Crippen molar-refractivity contribution in [1.29, 1.82) is 0 Å². The highest BCUT2D eigenvalue weighted by molar-refractivity contribution is 6.55. The predicted molar refractivity (Wildman–Crippen MR) is 60.1 cm³/mol. The minimum atomic E-state index is -0.704. The van der Waals surface area contributed by atoms with Crippen LogP contribution < -0.4 is 5.32 Å². The quantitative estimate of drug-likeness (QED) is 0.614. The minimum absolute atomic E-state index is 0.0377. The number of benzene rings is 1. The molecule has 5 heteroatoms. The Labute approximate surface area is 97.2 Å². The SMILES string of the molecule is CCCc1cc2c(c(Cl)c1O)C(=O)C(=O)N2. The lowest BCUT2D eigenvalue weighted by Crippen LogP contribution is -2.12. The van der Waals surface area contributed by atoms with Crippen molar-refractivity contribution < 1.29 is 14.7 Å². The number of aryl methyl sites for hydroxylation is 1. The number of carbonyl (C=O) groups is 2. The summed E-state index contributed by atoms with van der Waals surface area (Å²) >= 11 is 5.88. The fraction of sp³-hybridized carbons (Fsp3) is 0.273. The van der Waals surface area contributed by atoms with Gasteiger partial charge in [-0.3, -0.25) is 9.59 Å². The first-order valence-corrected chi connectivity index (χ1v) is 5.34. The van der Waals surface area contributed by atoms with Crippen LogP contribution in [0.3, 0.4) is 0 Å². The van der Waals surface area contributed by atoms with E-state index < -0.39 is 11.7 Å². The second-order valence-electron chi connectivity index (χ2n) is 3.65. The van der Waals surface area contributed by atoms with Crippen LogP contribution in [-0.2, 0) is 11.2 Å². The molecule has 1 amide bonds. The maximum Gasteiger partial charge on any atom is 0.296 e. The number of anilines is 1. The van der Waals surface area contributed by atoms with Gasteiger partial charge in [0.2, 0.25) is 0 Å². The van der Waals surface area contributed by atoms with Crippen LogP contribution >= 0.6 is 11.6 Å². The molecule has 0 atom stereocenters. The lowest BCUT2D eigenvalue weighted by molar-refractivity contribution is -0.112. The van der Waals surface area contributed by atoms with Gasteiger partial charge in [0.15, 0.2) is 0 Å². The largest absolute Gasteiger partial charge is 0.506 e. The number of aromatic hydroxyl groups is 1. The number of phenols is 1. The molecule has 1 aliphatic rings. The van der Waals surface area contributed by atoms with Gasteiger partial charge in [-0.05, 0) is 18.1 Å². The van der Waals surface area contributed by atoms with Gasteiger partial charge in [-0.15, -0.1) is 0 Å². The summed E-state index contributed by atoms with van der Waals surface area (Å²) in [6, 6.07) is 1.60. The molecule has 0 fully saturated rings. The van der Waals surface area contributed by atoms with Gasteiger partial charge in [0.1, 0.15) is 5.75 Å². The summed E-state index contributed by atoms with van der Waals surface area (Å²) in [4.78, 5) is 22.6. The Balaban J connectivity index is 2.61. The van der Waals surface area contributed by atoms with Crippen molar-refractivity contribution >= 4 is 29.0 Å². The molecule has 84 valence electrons. The molecule has 1 aromatic carbocycles. The van der Waals surface area contributed by atoms with Gasteiger partial charge in [0.05, 0.1) is 16.3 Å². The highest BCUT2D eigenvalue weighted by Gasteiger charge is 2.32. The van der Waals surface area contributed by atoms with Crippen LogP contribution in [0.5, 0.6) is 5.75 Å². The summed E-state index contributed by atoms with van der Waals surface area (Å²) in [5, 5.41) is 12.2. The monoisotopic (exact) mass is 239 g/mol. The molecule has 0 aromatic heterocycles. The van der Waals surface area contributed by atoms with Gasteiger partial charge in [0, 0.05) is 0 Å². The van der Waals surface area contributed by atoms with Gasteiger partial charge in [0.25, 0.3) is 11.7 Å². The molecule has 0 bridgehead atoms. The molecule has 0 unspecified atom stereocenters. The second kappa shape index (κ2) is 3.79. The normalized spacial score (nSPS) is 13.9. The predicted octanol–water partition coefficient (Wildman–Crippen LogP) is 2.13. The summed E-state index contributed by atoms with van der Waals surface area (Å²) < 4.78 is 0. The summed E-state index contributed by atoms with van der Waals surface area (Å²) in [5.74, 6) is -1.50. The number of ketones is 1. The Morgan fingerprint density at radius 2 is 2.12 bits per heavy atom. The van der Waals surface area contributed by atoms with Gasteiger partial charge in [-0.1, -0.05) is 24.9 Å². The van der Waals surface area contributed by atoms with Crippen LogP contribution in [0.4, 0.5) is 5.69 Å². The molecular formula is C11H10ClNO3. The first kappa shape index (κ1) is 11.0. The van der Waals surface area contributed by atoms with Gasteiger partial charge in [-0.25, -0.2) is 0 Å². The lowest BCUT2D eigenvalue weighted by atomic mass is 10.0. The van der Waals surface area contributed by atoms with E-state index in [4.69, 9.17) is 11.6 Å².